The quantitative estimate of drug-likeness (QED) is 0.175. The Morgan fingerprint density at radius 1 is 0.449 bits per heavy atom. The lowest BCUT2D eigenvalue weighted by atomic mass is 9.34. The molecule has 0 saturated carbocycles. The fourth-order valence-corrected chi connectivity index (χ4v) is 9.05. The standard InChI is InChI=1S/C42H22BNO4S/c1-2-8-28-26(7-1)27-19-20-37-42(48-29-9-3-4-14-36(29)49-37)41(27)44(28)25-17-15-23(16-18-25)24-21-34-40-35(22-24)47-33-13-6-11-31-39(33)43(40)38-30(45-31)10-5-12-32(38)46-34/h1-22H. The molecular weight excluding hydrogens is 625 g/mol. The van der Waals surface area contributed by atoms with Gasteiger partial charge in [-0.1, -0.05) is 72.4 Å². The van der Waals surface area contributed by atoms with Gasteiger partial charge in [0.25, 0.3) is 6.71 Å². The Kier molecular flexibility index (Phi) is 4.93. The number of fused-ring (bicyclic) bond motifs is 6. The predicted molar refractivity (Wildman–Crippen MR) is 195 cm³/mol. The molecule has 7 heteroatoms. The van der Waals surface area contributed by atoms with Gasteiger partial charge in [-0.15, -0.1) is 0 Å². The number of hydrogen-bond donors (Lipinski definition) is 0. The third-order valence-corrected chi connectivity index (χ3v) is 11.3. The number of hydrogen-bond acceptors (Lipinski definition) is 5. The predicted octanol–water partition coefficient (Wildman–Crippen LogP) is 9.54. The van der Waals surface area contributed by atoms with Crippen molar-refractivity contribution in [3.05, 3.63) is 133 Å². The molecule has 8 aromatic rings. The molecule has 7 aromatic carbocycles. The van der Waals surface area contributed by atoms with Crippen LogP contribution in [0.5, 0.6) is 46.0 Å². The highest BCUT2D eigenvalue weighted by Gasteiger charge is 2.46. The molecule has 0 atom stereocenters. The first-order chi connectivity index (χ1) is 24.3. The lowest BCUT2D eigenvalue weighted by molar-refractivity contribution is 0.443. The molecular formula is C42H22BNO4S. The third-order valence-electron chi connectivity index (χ3n) is 10.2. The average Bonchev–Trinajstić information content (AvgIpc) is 3.49. The molecule has 0 bridgehead atoms. The SMILES string of the molecule is c1ccc2c(c1)Oc1c(ccc3c4ccccc4n(-c4ccc(-c5cc6c7c(c5)Oc5cccc8c5B7c5c(cccc5O6)O8)cc4)c13)S2. The summed E-state index contributed by atoms with van der Waals surface area (Å²) in [7, 11) is 0. The second kappa shape index (κ2) is 9.31. The number of rotatable bonds is 2. The maximum atomic E-state index is 6.65. The van der Waals surface area contributed by atoms with Crippen LogP contribution in [0, 0.1) is 0 Å². The van der Waals surface area contributed by atoms with Crippen molar-refractivity contribution in [2.24, 2.45) is 0 Å². The van der Waals surface area contributed by atoms with E-state index in [0.29, 0.717) is 0 Å². The van der Waals surface area contributed by atoms with Crippen molar-refractivity contribution < 1.29 is 18.9 Å². The highest BCUT2D eigenvalue weighted by Crippen LogP contribution is 2.52. The number of para-hydroxylation sites is 2. The van der Waals surface area contributed by atoms with E-state index in [-0.39, 0.29) is 6.71 Å². The van der Waals surface area contributed by atoms with Crippen LogP contribution in [0.4, 0.5) is 0 Å². The Labute approximate surface area is 285 Å². The number of nitrogens with zero attached hydrogens (tertiary/aromatic N) is 1. The molecule has 12 rings (SSSR count). The molecule has 0 spiro atoms. The van der Waals surface area contributed by atoms with Gasteiger partial charge in [-0.2, -0.15) is 0 Å². The van der Waals surface area contributed by atoms with Gasteiger partial charge in [0.05, 0.1) is 20.8 Å². The van der Waals surface area contributed by atoms with Gasteiger partial charge in [0.2, 0.25) is 0 Å². The summed E-state index contributed by atoms with van der Waals surface area (Å²) in [5.74, 6) is 6.75. The average molecular weight is 648 g/mol. The molecule has 0 radical (unpaired) electrons. The van der Waals surface area contributed by atoms with Gasteiger partial charge in [0.1, 0.15) is 40.2 Å². The number of benzene rings is 7. The largest absolute Gasteiger partial charge is 0.458 e. The first kappa shape index (κ1) is 26.0. The highest BCUT2D eigenvalue weighted by atomic mass is 32.2. The smallest absolute Gasteiger partial charge is 0.270 e. The molecule has 0 amide bonds. The van der Waals surface area contributed by atoms with E-state index in [2.05, 4.69) is 89.5 Å². The molecule has 4 aliphatic heterocycles. The second-order valence-corrected chi connectivity index (χ2v) is 13.9. The Morgan fingerprint density at radius 2 is 1.06 bits per heavy atom. The highest BCUT2D eigenvalue weighted by molar-refractivity contribution is 7.99. The molecule has 5 nitrogen and oxygen atoms in total. The van der Waals surface area contributed by atoms with Crippen LogP contribution in [-0.4, -0.2) is 11.3 Å². The molecule has 0 aliphatic carbocycles. The normalized spacial score (nSPS) is 13.8. The fourth-order valence-electron chi connectivity index (χ4n) is 8.09. The van der Waals surface area contributed by atoms with Gasteiger partial charge in [0, 0.05) is 32.8 Å². The van der Waals surface area contributed by atoms with E-state index in [1.165, 1.54) is 10.8 Å². The van der Waals surface area contributed by atoms with Crippen LogP contribution in [-0.2, 0) is 0 Å². The van der Waals surface area contributed by atoms with Gasteiger partial charge < -0.3 is 23.5 Å². The van der Waals surface area contributed by atoms with Crippen LogP contribution in [0.3, 0.4) is 0 Å². The van der Waals surface area contributed by atoms with Crippen molar-refractivity contribution >= 4 is 56.7 Å². The van der Waals surface area contributed by atoms with Crippen molar-refractivity contribution in [3.63, 3.8) is 0 Å². The number of aromatic nitrogens is 1. The first-order valence-electron chi connectivity index (χ1n) is 16.4. The molecule has 1 aromatic heterocycles. The Hall–Kier alpha value is -6.05. The van der Waals surface area contributed by atoms with E-state index in [4.69, 9.17) is 18.9 Å². The van der Waals surface area contributed by atoms with Crippen molar-refractivity contribution in [1.29, 1.82) is 0 Å². The van der Waals surface area contributed by atoms with Crippen LogP contribution >= 0.6 is 11.8 Å². The van der Waals surface area contributed by atoms with Crippen molar-refractivity contribution in [1.82, 2.24) is 4.57 Å². The zero-order valence-corrected chi connectivity index (χ0v) is 26.6. The van der Waals surface area contributed by atoms with Gasteiger partial charge >= 0.3 is 0 Å². The zero-order valence-electron chi connectivity index (χ0n) is 25.8. The minimum absolute atomic E-state index is 0.00338. The molecule has 49 heavy (non-hydrogen) atoms. The van der Waals surface area contributed by atoms with E-state index >= 15 is 0 Å². The summed E-state index contributed by atoms with van der Waals surface area (Å²) in [6.07, 6.45) is 0. The minimum atomic E-state index is 0.00338. The van der Waals surface area contributed by atoms with Crippen molar-refractivity contribution in [2.75, 3.05) is 0 Å². The van der Waals surface area contributed by atoms with E-state index in [1.54, 1.807) is 11.8 Å². The molecule has 4 aliphatic rings. The van der Waals surface area contributed by atoms with E-state index in [0.717, 1.165) is 100 Å². The fraction of sp³-hybridized carbons (Fsp3) is 0. The molecule has 5 heterocycles. The summed E-state index contributed by atoms with van der Waals surface area (Å²) >= 11 is 1.76. The Balaban J connectivity index is 1.01. The van der Waals surface area contributed by atoms with E-state index in [9.17, 15) is 0 Å². The summed E-state index contributed by atoms with van der Waals surface area (Å²) in [4.78, 5) is 2.24. The summed E-state index contributed by atoms with van der Waals surface area (Å²) in [6.45, 7) is 0.00338. The van der Waals surface area contributed by atoms with Crippen LogP contribution < -0.4 is 35.3 Å². The molecule has 0 saturated heterocycles. The van der Waals surface area contributed by atoms with Crippen LogP contribution in [0.1, 0.15) is 0 Å². The van der Waals surface area contributed by atoms with Crippen LogP contribution in [0.15, 0.2) is 143 Å². The molecule has 0 unspecified atom stereocenters. The summed E-state index contributed by atoms with van der Waals surface area (Å²) in [5.41, 5.74) is 8.56. The van der Waals surface area contributed by atoms with Crippen LogP contribution in [0.2, 0.25) is 0 Å². The van der Waals surface area contributed by atoms with Gasteiger partial charge in [0.15, 0.2) is 5.75 Å². The monoisotopic (exact) mass is 647 g/mol. The topological polar surface area (TPSA) is 41.9 Å². The lowest BCUT2D eigenvalue weighted by Gasteiger charge is -2.37. The first-order valence-corrected chi connectivity index (χ1v) is 17.2. The van der Waals surface area contributed by atoms with Crippen molar-refractivity contribution in [2.45, 2.75) is 9.79 Å². The van der Waals surface area contributed by atoms with E-state index in [1.807, 2.05) is 48.5 Å². The Morgan fingerprint density at radius 3 is 1.80 bits per heavy atom. The molecule has 0 fully saturated rings. The summed E-state index contributed by atoms with van der Waals surface area (Å²) in [5, 5.41) is 2.36. The van der Waals surface area contributed by atoms with Crippen molar-refractivity contribution in [3.8, 4) is 62.8 Å². The summed E-state index contributed by atoms with van der Waals surface area (Å²) < 4.78 is 28.5. The van der Waals surface area contributed by atoms with Gasteiger partial charge in [-0.05, 0) is 83.9 Å². The third kappa shape index (κ3) is 3.47. The maximum Gasteiger partial charge on any atom is 0.270 e. The van der Waals surface area contributed by atoms with Gasteiger partial charge in [-0.25, -0.2) is 0 Å². The van der Waals surface area contributed by atoms with Gasteiger partial charge in [-0.3, -0.25) is 0 Å². The van der Waals surface area contributed by atoms with E-state index < -0.39 is 0 Å². The molecule has 228 valence electrons. The van der Waals surface area contributed by atoms with Crippen LogP contribution in [0.25, 0.3) is 38.6 Å². The minimum Gasteiger partial charge on any atom is -0.458 e. The maximum absolute atomic E-state index is 6.65. The number of ether oxygens (including phenoxy) is 4. The Bertz CT molecular complexity index is 2690. The summed E-state index contributed by atoms with van der Waals surface area (Å²) in [6, 6.07) is 46.4. The lowest BCUT2D eigenvalue weighted by Crippen LogP contribution is -2.59. The zero-order chi connectivity index (χ0) is 31.8. The second-order valence-electron chi connectivity index (χ2n) is 12.8. The molecule has 0 N–H and O–H groups in total.